The summed E-state index contributed by atoms with van der Waals surface area (Å²) in [5.74, 6) is -1.92. The Bertz CT molecular complexity index is 762. The average molecular weight is 384 g/mol. The van der Waals surface area contributed by atoms with E-state index in [0.717, 1.165) is 41.4 Å². The molecule has 0 heterocycles. The number of hydrogen-bond donors (Lipinski definition) is 0. The first-order valence-electron chi connectivity index (χ1n) is 9.48. The van der Waals surface area contributed by atoms with Crippen molar-refractivity contribution < 1.29 is 23.9 Å². The molecule has 0 fully saturated rings. The van der Waals surface area contributed by atoms with Gasteiger partial charge >= 0.3 is 5.97 Å². The lowest BCUT2D eigenvalue weighted by Crippen LogP contribution is -2.35. The van der Waals surface area contributed by atoms with Gasteiger partial charge in [-0.15, -0.1) is 0 Å². The third-order valence-electron chi connectivity index (χ3n) is 5.34. The number of methoxy groups -OCH3 is 1. The summed E-state index contributed by atoms with van der Waals surface area (Å²) in [5, 5.41) is 0. The van der Waals surface area contributed by atoms with Gasteiger partial charge in [0.15, 0.2) is 5.78 Å². The van der Waals surface area contributed by atoms with E-state index >= 15 is 0 Å². The van der Waals surface area contributed by atoms with Crippen LogP contribution in [0.2, 0.25) is 0 Å². The highest BCUT2D eigenvalue weighted by Crippen LogP contribution is 2.37. The zero-order valence-electron chi connectivity index (χ0n) is 16.8. The highest BCUT2D eigenvalue weighted by Gasteiger charge is 2.33. The third kappa shape index (κ3) is 5.26. The number of esters is 1. The number of Topliss-reactive ketones (excluding diaryl/α,β-unsaturated/α-hetero) is 1. The van der Waals surface area contributed by atoms with Crippen molar-refractivity contribution in [2.24, 2.45) is 11.8 Å². The average Bonchev–Trinajstić information content (AvgIpc) is 3.10. The first kappa shape index (κ1) is 21.8. The second-order valence-electron chi connectivity index (χ2n) is 7.24. The molecule has 0 spiro atoms. The number of rotatable bonds is 10. The summed E-state index contributed by atoms with van der Waals surface area (Å²) in [6.45, 7) is 7.85. The minimum Gasteiger partial charge on any atom is -0.468 e. The molecule has 0 aromatic heterocycles. The molecule has 150 valence electrons. The Morgan fingerprint density at radius 3 is 2.57 bits per heavy atom. The molecule has 28 heavy (non-hydrogen) atoms. The quantitative estimate of drug-likeness (QED) is 0.265. The van der Waals surface area contributed by atoms with Gasteiger partial charge in [0, 0.05) is 12.3 Å². The maximum Gasteiger partial charge on any atom is 0.316 e. The molecular formula is C23H28O5. The molecule has 0 N–H and O–H groups in total. The van der Waals surface area contributed by atoms with Crippen LogP contribution in [0.5, 0.6) is 0 Å². The van der Waals surface area contributed by atoms with E-state index in [1.165, 1.54) is 14.0 Å². The van der Waals surface area contributed by atoms with Crippen LogP contribution < -0.4 is 0 Å². The fourth-order valence-corrected chi connectivity index (χ4v) is 3.53. The topological polar surface area (TPSA) is 69.7 Å². The van der Waals surface area contributed by atoms with E-state index in [0.29, 0.717) is 0 Å². The van der Waals surface area contributed by atoms with E-state index in [2.05, 4.69) is 6.58 Å². The Labute approximate surface area is 166 Å². The van der Waals surface area contributed by atoms with Crippen LogP contribution in [0.1, 0.15) is 38.7 Å². The molecule has 2 rings (SSSR count). The largest absolute Gasteiger partial charge is 0.468 e. The highest BCUT2D eigenvalue weighted by atomic mass is 16.5. The van der Waals surface area contributed by atoms with Crippen LogP contribution >= 0.6 is 0 Å². The number of benzene rings is 1. The molecule has 1 aliphatic rings. The van der Waals surface area contributed by atoms with Gasteiger partial charge in [-0.2, -0.15) is 0 Å². The van der Waals surface area contributed by atoms with Crippen molar-refractivity contribution in [2.45, 2.75) is 45.8 Å². The van der Waals surface area contributed by atoms with Crippen molar-refractivity contribution in [2.75, 3.05) is 7.11 Å². The number of allylic oxidation sites excluding steroid dienone is 2. The summed E-state index contributed by atoms with van der Waals surface area (Å²) < 4.78 is 10.6. The van der Waals surface area contributed by atoms with Crippen LogP contribution in [-0.4, -0.2) is 31.3 Å². The summed E-state index contributed by atoms with van der Waals surface area (Å²) >= 11 is 0. The Hall–Kier alpha value is -2.53. The SMILES string of the molecule is C=C(CC(OCc1ccccc1)C(=O)C(C)C(=O)OC)C1CCC(C)=C1C=O. The third-order valence-corrected chi connectivity index (χ3v) is 5.34. The van der Waals surface area contributed by atoms with Crippen molar-refractivity contribution >= 4 is 18.0 Å². The molecule has 1 aromatic rings. The lowest BCUT2D eigenvalue weighted by molar-refractivity contribution is -0.152. The minimum atomic E-state index is -0.926. The van der Waals surface area contributed by atoms with Gasteiger partial charge in [-0.1, -0.05) is 48.1 Å². The number of carbonyl (C=O) groups is 3. The summed E-state index contributed by atoms with van der Waals surface area (Å²) in [7, 11) is 1.26. The number of aldehydes is 1. The van der Waals surface area contributed by atoms with Crippen molar-refractivity contribution in [1.82, 2.24) is 0 Å². The molecule has 0 radical (unpaired) electrons. The number of ketones is 1. The monoisotopic (exact) mass is 384 g/mol. The van der Waals surface area contributed by atoms with Crippen LogP contribution in [0.4, 0.5) is 0 Å². The second kappa shape index (κ2) is 10.1. The highest BCUT2D eigenvalue weighted by molar-refractivity contribution is 6.01. The van der Waals surface area contributed by atoms with Crippen LogP contribution in [0, 0.1) is 11.8 Å². The molecule has 0 saturated carbocycles. The van der Waals surface area contributed by atoms with Gasteiger partial charge < -0.3 is 9.47 Å². The van der Waals surface area contributed by atoms with Gasteiger partial charge in [0.05, 0.1) is 13.7 Å². The van der Waals surface area contributed by atoms with Crippen LogP contribution in [-0.2, 0) is 30.5 Å². The predicted molar refractivity (Wildman–Crippen MR) is 106 cm³/mol. The Morgan fingerprint density at radius 2 is 1.96 bits per heavy atom. The Morgan fingerprint density at radius 1 is 1.29 bits per heavy atom. The molecule has 5 nitrogen and oxygen atoms in total. The molecule has 0 amide bonds. The van der Waals surface area contributed by atoms with E-state index in [9.17, 15) is 14.4 Å². The normalized spacial score (nSPS) is 18.5. The smallest absolute Gasteiger partial charge is 0.316 e. The standard InChI is InChI=1S/C23H28O5/c1-15-10-11-19(20(15)13-24)16(2)12-21(22(25)17(3)23(26)27-4)28-14-18-8-6-5-7-9-18/h5-9,13,17,19,21H,2,10-12,14H2,1,3-4H3. The minimum absolute atomic E-state index is 0.0680. The van der Waals surface area contributed by atoms with Gasteiger partial charge in [-0.25, -0.2) is 0 Å². The van der Waals surface area contributed by atoms with Crippen molar-refractivity contribution in [3.8, 4) is 0 Å². The molecule has 0 saturated heterocycles. The van der Waals surface area contributed by atoms with Gasteiger partial charge in [-0.3, -0.25) is 14.4 Å². The van der Waals surface area contributed by atoms with Gasteiger partial charge in [-0.05, 0) is 37.8 Å². The van der Waals surface area contributed by atoms with Crippen molar-refractivity contribution in [3.05, 3.63) is 59.2 Å². The molecule has 1 aliphatic carbocycles. The van der Waals surface area contributed by atoms with Crippen LogP contribution in [0.3, 0.4) is 0 Å². The van der Waals surface area contributed by atoms with E-state index in [4.69, 9.17) is 9.47 Å². The van der Waals surface area contributed by atoms with E-state index in [1.807, 2.05) is 37.3 Å². The van der Waals surface area contributed by atoms with Crippen LogP contribution in [0.25, 0.3) is 0 Å². The number of hydrogen-bond acceptors (Lipinski definition) is 5. The van der Waals surface area contributed by atoms with Gasteiger partial charge in [0.25, 0.3) is 0 Å². The zero-order chi connectivity index (χ0) is 20.7. The maximum absolute atomic E-state index is 12.9. The first-order valence-corrected chi connectivity index (χ1v) is 9.48. The summed E-state index contributed by atoms with van der Waals surface area (Å²) in [6, 6.07) is 9.52. The summed E-state index contributed by atoms with van der Waals surface area (Å²) in [5.41, 5.74) is 3.53. The molecule has 0 aliphatic heterocycles. The molecular weight excluding hydrogens is 356 g/mol. The zero-order valence-corrected chi connectivity index (χ0v) is 16.8. The van der Waals surface area contributed by atoms with Crippen molar-refractivity contribution in [1.29, 1.82) is 0 Å². The molecule has 5 heteroatoms. The summed E-state index contributed by atoms with van der Waals surface area (Å²) in [4.78, 5) is 36.2. The molecule has 1 aromatic carbocycles. The van der Waals surface area contributed by atoms with Gasteiger partial charge in [0.1, 0.15) is 18.3 Å². The fourth-order valence-electron chi connectivity index (χ4n) is 3.53. The van der Waals surface area contributed by atoms with Gasteiger partial charge in [0.2, 0.25) is 0 Å². The fraction of sp³-hybridized carbons (Fsp3) is 0.435. The lowest BCUT2D eigenvalue weighted by atomic mass is 9.87. The lowest BCUT2D eigenvalue weighted by Gasteiger charge is -2.23. The predicted octanol–water partition coefficient (Wildman–Crippen LogP) is 3.82. The van der Waals surface area contributed by atoms with Crippen molar-refractivity contribution in [3.63, 3.8) is 0 Å². The molecule has 3 atom stereocenters. The number of ether oxygens (including phenoxy) is 2. The van der Waals surface area contributed by atoms with E-state index < -0.39 is 18.0 Å². The second-order valence-corrected chi connectivity index (χ2v) is 7.24. The van der Waals surface area contributed by atoms with E-state index in [1.54, 1.807) is 0 Å². The summed E-state index contributed by atoms with van der Waals surface area (Å²) in [6.07, 6.45) is 1.99. The van der Waals surface area contributed by atoms with E-state index in [-0.39, 0.29) is 24.7 Å². The van der Waals surface area contributed by atoms with Crippen LogP contribution in [0.15, 0.2) is 53.6 Å². The first-order chi connectivity index (χ1) is 13.4. The maximum atomic E-state index is 12.9. The number of carbonyl (C=O) groups excluding carboxylic acids is 3. The Balaban J connectivity index is 2.15. The molecule has 3 unspecified atom stereocenters. The molecule has 0 bridgehead atoms. The Kier molecular flexibility index (Phi) is 7.88.